The maximum Gasteiger partial charge on any atom is 0.135 e. The van der Waals surface area contributed by atoms with Gasteiger partial charge in [-0.2, -0.15) is 0 Å². The normalized spacial score (nSPS) is 13.0. The number of benzene rings is 2. The van der Waals surface area contributed by atoms with Gasteiger partial charge in [0.2, 0.25) is 0 Å². The Balaban J connectivity index is 2.29. The molecule has 2 nitrogen and oxygen atoms in total. The van der Waals surface area contributed by atoms with Gasteiger partial charge in [-0.05, 0) is 42.2 Å². The number of nitrogens with two attached hydrogens (primary N) is 1. The molecule has 0 heterocycles. The second-order valence-electron chi connectivity index (χ2n) is 6.32. The van der Waals surface area contributed by atoms with E-state index in [1.807, 2.05) is 24.3 Å². The molecule has 0 spiro atoms. The molecule has 0 bridgehead atoms. The Hall–Kier alpha value is -1.87. The van der Waals surface area contributed by atoms with Crippen LogP contribution in [0, 0.1) is 5.82 Å². The zero-order valence-corrected chi connectivity index (χ0v) is 13.0. The molecule has 0 aliphatic rings. The summed E-state index contributed by atoms with van der Waals surface area (Å²) in [6.07, 6.45) is 0. The Morgan fingerprint density at radius 3 is 2.19 bits per heavy atom. The number of ether oxygens (including phenoxy) is 1. The molecular weight excluding hydrogens is 265 g/mol. The largest absolute Gasteiger partial charge is 0.457 e. The first-order chi connectivity index (χ1) is 9.79. The quantitative estimate of drug-likeness (QED) is 0.868. The van der Waals surface area contributed by atoms with Crippen molar-refractivity contribution in [1.82, 2.24) is 0 Å². The fourth-order valence-electron chi connectivity index (χ4n) is 2.20. The molecule has 0 aromatic heterocycles. The SMILES string of the molecule is C[C@H](N)c1c(F)cccc1Oc1ccc(C(C)(C)C)cc1. The minimum absolute atomic E-state index is 0.0916. The molecule has 0 aliphatic heterocycles. The molecule has 2 rings (SSSR count). The van der Waals surface area contributed by atoms with E-state index < -0.39 is 6.04 Å². The lowest BCUT2D eigenvalue weighted by Gasteiger charge is -2.19. The molecule has 2 aromatic rings. The first-order valence-electron chi connectivity index (χ1n) is 7.11. The van der Waals surface area contributed by atoms with E-state index in [1.54, 1.807) is 19.1 Å². The van der Waals surface area contributed by atoms with Crippen LogP contribution in [0.3, 0.4) is 0 Å². The molecule has 3 heteroatoms. The van der Waals surface area contributed by atoms with Gasteiger partial charge in [0.15, 0.2) is 0 Å². The highest BCUT2D eigenvalue weighted by Crippen LogP contribution is 2.32. The highest BCUT2D eigenvalue weighted by molar-refractivity contribution is 5.41. The molecule has 0 aliphatic carbocycles. The number of hydrogen-bond donors (Lipinski definition) is 1. The third kappa shape index (κ3) is 3.61. The van der Waals surface area contributed by atoms with E-state index in [9.17, 15) is 4.39 Å². The van der Waals surface area contributed by atoms with Gasteiger partial charge < -0.3 is 10.5 Å². The lowest BCUT2D eigenvalue weighted by molar-refractivity contribution is 0.460. The van der Waals surface area contributed by atoms with Gasteiger partial charge >= 0.3 is 0 Å². The van der Waals surface area contributed by atoms with Gasteiger partial charge in [-0.3, -0.25) is 0 Å². The second kappa shape index (κ2) is 5.86. The summed E-state index contributed by atoms with van der Waals surface area (Å²) in [6, 6.07) is 12.2. The van der Waals surface area contributed by atoms with Crippen LogP contribution >= 0.6 is 0 Å². The number of rotatable bonds is 3. The van der Waals surface area contributed by atoms with Crippen LogP contribution in [-0.2, 0) is 5.41 Å². The van der Waals surface area contributed by atoms with Crippen LogP contribution in [0.25, 0.3) is 0 Å². The number of halogens is 1. The highest BCUT2D eigenvalue weighted by atomic mass is 19.1. The lowest BCUT2D eigenvalue weighted by Crippen LogP contribution is -2.10. The summed E-state index contributed by atoms with van der Waals surface area (Å²) in [6.45, 7) is 8.21. The Kier molecular flexibility index (Phi) is 4.33. The van der Waals surface area contributed by atoms with E-state index >= 15 is 0 Å². The van der Waals surface area contributed by atoms with Crippen LogP contribution < -0.4 is 10.5 Å². The van der Waals surface area contributed by atoms with Gasteiger partial charge in [0.1, 0.15) is 17.3 Å². The average Bonchev–Trinajstić information content (AvgIpc) is 2.38. The van der Waals surface area contributed by atoms with Gasteiger partial charge in [-0.1, -0.05) is 39.0 Å². The highest BCUT2D eigenvalue weighted by Gasteiger charge is 2.16. The van der Waals surface area contributed by atoms with Gasteiger partial charge in [0.25, 0.3) is 0 Å². The zero-order chi connectivity index (χ0) is 15.6. The van der Waals surface area contributed by atoms with Crippen molar-refractivity contribution < 1.29 is 9.13 Å². The summed E-state index contributed by atoms with van der Waals surface area (Å²) >= 11 is 0. The van der Waals surface area contributed by atoms with E-state index in [0.717, 1.165) is 0 Å². The minimum atomic E-state index is -0.421. The summed E-state index contributed by atoms with van der Waals surface area (Å²) in [5.74, 6) is 0.804. The van der Waals surface area contributed by atoms with Crippen molar-refractivity contribution in [2.75, 3.05) is 0 Å². The van der Waals surface area contributed by atoms with E-state index in [1.165, 1.54) is 11.6 Å². The van der Waals surface area contributed by atoms with Gasteiger partial charge in [-0.25, -0.2) is 4.39 Å². The van der Waals surface area contributed by atoms with E-state index in [0.29, 0.717) is 17.1 Å². The standard InChI is InChI=1S/C18H22FNO/c1-12(20)17-15(19)6-5-7-16(17)21-14-10-8-13(9-11-14)18(2,3)4/h5-12H,20H2,1-4H3/t12-/m0/s1. The van der Waals surface area contributed by atoms with E-state index in [-0.39, 0.29) is 11.2 Å². The first kappa shape index (κ1) is 15.5. The first-order valence-corrected chi connectivity index (χ1v) is 7.11. The van der Waals surface area contributed by atoms with Crippen molar-refractivity contribution in [1.29, 1.82) is 0 Å². The average molecular weight is 287 g/mol. The zero-order valence-electron chi connectivity index (χ0n) is 13.0. The smallest absolute Gasteiger partial charge is 0.135 e. The molecule has 0 unspecified atom stereocenters. The summed E-state index contributed by atoms with van der Waals surface area (Å²) in [5, 5.41) is 0. The molecule has 112 valence electrons. The molecule has 0 saturated heterocycles. The van der Waals surface area contributed by atoms with Crippen molar-refractivity contribution in [3.8, 4) is 11.5 Å². The Labute approximate surface area is 125 Å². The maximum absolute atomic E-state index is 13.9. The van der Waals surface area contributed by atoms with Crippen LogP contribution in [-0.4, -0.2) is 0 Å². The topological polar surface area (TPSA) is 35.2 Å². The molecule has 21 heavy (non-hydrogen) atoms. The third-order valence-corrected chi connectivity index (χ3v) is 3.42. The van der Waals surface area contributed by atoms with Crippen molar-refractivity contribution in [3.05, 3.63) is 59.4 Å². The minimum Gasteiger partial charge on any atom is -0.457 e. The Morgan fingerprint density at radius 1 is 1.05 bits per heavy atom. The number of hydrogen-bond acceptors (Lipinski definition) is 2. The monoisotopic (exact) mass is 287 g/mol. The predicted molar refractivity (Wildman–Crippen MR) is 84.2 cm³/mol. The van der Waals surface area contributed by atoms with Gasteiger partial charge in [-0.15, -0.1) is 0 Å². The predicted octanol–water partition coefficient (Wildman–Crippen LogP) is 4.94. The van der Waals surface area contributed by atoms with Gasteiger partial charge in [0, 0.05) is 11.6 Å². The van der Waals surface area contributed by atoms with Crippen molar-refractivity contribution in [3.63, 3.8) is 0 Å². The molecular formula is C18H22FNO. The van der Waals surface area contributed by atoms with Crippen LogP contribution in [0.5, 0.6) is 11.5 Å². The fraction of sp³-hybridized carbons (Fsp3) is 0.333. The van der Waals surface area contributed by atoms with Crippen molar-refractivity contribution in [2.45, 2.75) is 39.2 Å². The molecule has 0 saturated carbocycles. The van der Waals surface area contributed by atoms with Crippen LogP contribution in [0.2, 0.25) is 0 Å². The molecule has 0 fully saturated rings. The van der Waals surface area contributed by atoms with E-state index in [2.05, 4.69) is 20.8 Å². The van der Waals surface area contributed by atoms with Crippen LogP contribution in [0.4, 0.5) is 4.39 Å². The maximum atomic E-state index is 13.9. The molecule has 2 N–H and O–H groups in total. The molecule has 0 radical (unpaired) electrons. The summed E-state index contributed by atoms with van der Waals surface area (Å²) in [7, 11) is 0. The molecule has 0 amide bonds. The van der Waals surface area contributed by atoms with Gasteiger partial charge in [0.05, 0.1) is 0 Å². The second-order valence-corrected chi connectivity index (χ2v) is 6.32. The molecule has 1 atom stereocenters. The van der Waals surface area contributed by atoms with E-state index in [4.69, 9.17) is 10.5 Å². The third-order valence-electron chi connectivity index (χ3n) is 3.42. The van der Waals surface area contributed by atoms with Crippen LogP contribution in [0.15, 0.2) is 42.5 Å². The van der Waals surface area contributed by atoms with Crippen LogP contribution in [0.1, 0.15) is 44.9 Å². The summed E-state index contributed by atoms with van der Waals surface area (Å²) in [5.41, 5.74) is 7.55. The van der Waals surface area contributed by atoms with Crippen molar-refractivity contribution >= 4 is 0 Å². The molecule has 2 aromatic carbocycles. The van der Waals surface area contributed by atoms with Crippen molar-refractivity contribution in [2.24, 2.45) is 5.73 Å². The Morgan fingerprint density at radius 2 is 1.67 bits per heavy atom. The lowest BCUT2D eigenvalue weighted by atomic mass is 9.87. The summed E-state index contributed by atoms with van der Waals surface area (Å²) in [4.78, 5) is 0. The summed E-state index contributed by atoms with van der Waals surface area (Å²) < 4.78 is 19.7. The fourth-order valence-corrected chi connectivity index (χ4v) is 2.20. The Bertz CT molecular complexity index is 612.